The SMILES string of the molecule is CC1(C)Cc2cc3c(cc2C1)N(c1ccc(C(C)(C)C)cc1-c1ccccc1)c1cc(N2c4ccc(-c5ccccc5)cc4C4(C)CCCCC24C)cc2c1B3c1cc(-c3ccccc3)ccc1N2c1ccc(-c2ccccc2)cc1. The van der Waals surface area contributed by atoms with Gasteiger partial charge in [-0.3, -0.25) is 0 Å². The first-order valence-electron chi connectivity index (χ1n) is 29.7. The Labute approximate surface area is 480 Å². The summed E-state index contributed by atoms with van der Waals surface area (Å²) in [6.45, 7) is 17.1. The third kappa shape index (κ3) is 7.84. The standard InChI is InChI=1S/C77H70BN3/c1-74(2,3)60-34-39-67(63(46-60)55-28-18-11-19-29-55)80-70-45-59-50-75(4,5)49-58(59)44-66(70)78-65-43-57(53-26-16-10-17-27-53)33-38-69(65)79(61-35-30-54(31-36-61)51-22-12-8-13-23-51)71-47-62(48-72(80)73(71)78)81-68-37-32-56(52-24-14-9-15-25-52)42-64(68)76(6)40-20-21-41-77(76,81)7/h8-19,22-39,42-48H,20-21,40-41,49-50H2,1-7H3. The Morgan fingerprint density at radius 2 is 0.901 bits per heavy atom. The van der Waals surface area contributed by atoms with E-state index in [1.807, 2.05) is 0 Å². The van der Waals surface area contributed by atoms with Crippen molar-refractivity contribution in [1.82, 2.24) is 0 Å². The maximum Gasteiger partial charge on any atom is 0.252 e. The monoisotopic (exact) mass is 1050 g/mol. The maximum atomic E-state index is 2.83. The Morgan fingerprint density at radius 3 is 1.53 bits per heavy atom. The number of rotatable bonds is 7. The van der Waals surface area contributed by atoms with E-state index in [4.69, 9.17) is 0 Å². The molecular formula is C77H70BN3. The van der Waals surface area contributed by atoms with Crippen LogP contribution < -0.4 is 31.1 Å². The molecule has 0 saturated heterocycles. The van der Waals surface area contributed by atoms with Crippen molar-refractivity contribution in [3.63, 3.8) is 0 Å². The van der Waals surface area contributed by atoms with Crippen molar-refractivity contribution in [3.8, 4) is 44.5 Å². The third-order valence-corrected chi connectivity index (χ3v) is 19.7. The highest BCUT2D eigenvalue weighted by Gasteiger charge is 2.58. The van der Waals surface area contributed by atoms with Crippen molar-refractivity contribution < 1.29 is 0 Å². The molecule has 3 nitrogen and oxygen atoms in total. The molecule has 0 radical (unpaired) electrons. The Balaban J connectivity index is 1.06. The van der Waals surface area contributed by atoms with Crippen LogP contribution in [-0.2, 0) is 23.7 Å². The highest BCUT2D eigenvalue weighted by atomic mass is 15.3. The van der Waals surface area contributed by atoms with Gasteiger partial charge in [-0.25, -0.2) is 0 Å². The molecular weight excluding hydrogens is 978 g/mol. The molecule has 0 aromatic heterocycles. The van der Waals surface area contributed by atoms with Crippen molar-refractivity contribution in [1.29, 1.82) is 0 Å². The quantitative estimate of drug-likeness (QED) is 0.147. The lowest BCUT2D eigenvalue weighted by Gasteiger charge is -2.51. The Kier molecular flexibility index (Phi) is 11.3. The number of hydrogen-bond donors (Lipinski definition) is 0. The van der Waals surface area contributed by atoms with Gasteiger partial charge in [0.1, 0.15) is 0 Å². The van der Waals surface area contributed by atoms with Crippen molar-refractivity contribution in [2.45, 2.75) is 103 Å². The molecule has 10 aromatic rings. The zero-order valence-electron chi connectivity index (χ0n) is 48.0. The molecule has 1 saturated carbocycles. The second kappa shape index (κ2) is 18.3. The minimum Gasteiger partial charge on any atom is -0.334 e. The first-order valence-corrected chi connectivity index (χ1v) is 29.7. The van der Waals surface area contributed by atoms with Gasteiger partial charge in [-0.2, -0.15) is 0 Å². The molecule has 2 atom stereocenters. The molecule has 2 unspecified atom stereocenters. The smallest absolute Gasteiger partial charge is 0.252 e. The Bertz CT molecular complexity index is 4100. The highest BCUT2D eigenvalue weighted by molar-refractivity contribution is 7.00. The first-order chi connectivity index (χ1) is 39.2. The summed E-state index contributed by atoms with van der Waals surface area (Å²) in [7, 11) is 0. The number of anilines is 8. The lowest BCUT2D eigenvalue weighted by molar-refractivity contribution is 0.195. The second-order valence-electron chi connectivity index (χ2n) is 26.3. The van der Waals surface area contributed by atoms with Crippen LogP contribution in [0.4, 0.5) is 45.5 Å². The van der Waals surface area contributed by atoms with Gasteiger partial charge in [0.05, 0.1) is 11.2 Å². The molecule has 4 heteroatoms. The molecule has 15 rings (SSSR count). The first kappa shape index (κ1) is 49.7. The predicted molar refractivity (Wildman–Crippen MR) is 345 cm³/mol. The fourth-order valence-corrected chi connectivity index (χ4v) is 15.5. The highest BCUT2D eigenvalue weighted by Crippen LogP contribution is 2.62. The van der Waals surface area contributed by atoms with E-state index in [1.54, 1.807) is 0 Å². The van der Waals surface area contributed by atoms with E-state index in [0.717, 1.165) is 31.4 Å². The maximum absolute atomic E-state index is 2.83. The Morgan fingerprint density at radius 1 is 0.395 bits per heavy atom. The van der Waals surface area contributed by atoms with Gasteiger partial charge in [-0.1, -0.05) is 218 Å². The van der Waals surface area contributed by atoms with E-state index in [1.165, 1.54) is 136 Å². The van der Waals surface area contributed by atoms with E-state index < -0.39 is 0 Å². The topological polar surface area (TPSA) is 9.72 Å². The summed E-state index contributed by atoms with van der Waals surface area (Å²) in [5, 5.41) is 0. The summed E-state index contributed by atoms with van der Waals surface area (Å²) in [4.78, 5) is 8.19. The normalized spacial score (nSPS) is 19.1. The van der Waals surface area contributed by atoms with Gasteiger partial charge in [0, 0.05) is 50.8 Å². The molecule has 5 aliphatic rings. The minimum absolute atomic E-state index is 0.0494. The molecule has 0 N–H and O–H groups in total. The molecule has 1 fully saturated rings. The van der Waals surface area contributed by atoms with Crippen LogP contribution in [0.2, 0.25) is 0 Å². The lowest BCUT2D eigenvalue weighted by Crippen LogP contribution is -2.61. The van der Waals surface area contributed by atoms with Crippen molar-refractivity contribution in [2.24, 2.45) is 5.41 Å². The molecule has 3 aliphatic heterocycles. The fourth-order valence-electron chi connectivity index (χ4n) is 15.5. The molecule has 0 spiro atoms. The van der Waals surface area contributed by atoms with Crippen molar-refractivity contribution in [3.05, 3.63) is 247 Å². The number of nitrogens with zero attached hydrogens (tertiary/aromatic N) is 3. The van der Waals surface area contributed by atoms with Gasteiger partial charge >= 0.3 is 0 Å². The summed E-state index contributed by atoms with van der Waals surface area (Å²) in [5.74, 6) is 0. The molecule has 10 aromatic carbocycles. The van der Waals surface area contributed by atoms with Gasteiger partial charge in [-0.05, 0) is 182 Å². The van der Waals surface area contributed by atoms with Gasteiger partial charge < -0.3 is 14.7 Å². The van der Waals surface area contributed by atoms with E-state index in [0.29, 0.717) is 0 Å². The summed E-state index contributed by atoms with van der Waals surface area (Å²) < 4.78 is 0. The molecule has 2 aliphatic carbocycles. The van der Waals surface area contributed by atoms with Crippen LogP contribution in [0.1, 0.15) is 96.4 Å². The minimum atomic E-state index is -0.198. The number of benzene rings is 10. The zero-order valence-corrected chi connectivity index (χ0v) is 48.0. The summed E-state index contributed by atoms with van der Waals surface area (Å²) in [6, 6.07) is 86.1. The molecule has 3 heterocycles. The van der Waals surface area contributed by atoms with Gasteiger partial charge in [0.2, 0.25) is 0 Å². The number of fused-ring (bicyclic) bond motifs is 8. The van der Waals surface area contributed by atoms with E-state index >= 15 is 0 Å². The summed E-state index contributed by atoms with van der Waals surface area (Å²) >= 11 is 0. The Hall–Kier alpha value is -8.34. The van der Waals surface area contributed by atoms with Crippen molar-refractivity contribution in [2.75, 3.05) is 14.7 Å². The lowest BCUT2D eigenvalue weighted by atomic mass is 9.33. The van der Waals surface area contributed by atoms with Crippen LogP contribution >= 0.6 is 0 Å². The van der Waals surface area contributed by atoms with E-state index in [-0.39, 0.29) is 28.5 Å². The van der Waals surface area contributed by atoms with Gasteiger partial charge in [0.15, 0.2) is 0 Å². The van der Waals surface area contributed by atoms with Crippen LogP contribution in [0.15, 0.2) is 224 Å². The van der Waals surface area contributed by atoms with Crippen LogP contribution in [0.3, 0.4) is 0 Å². The molecule has 0 bridgehead atoms. The van der Waals surface area contributed by atoms with Crippen LogP contribution in [-0.4, -0.2) is 12.3 Å². The summed E-state index contributed by atoms with van der Waals surface area (Å²) in [6.07, 6.45) is 6.77. The predicted octanol–water partition coefficient (Wildman–Crippen LogP) is 18.6. The van der Waals surface area contributed by atoms with Crippen LogP contribution in [0.5, 0.6) is 0 Å². The van der Waals surface area contributed by atoms with Crippen LogP contribution in [0.25, 0.3) is 44.5 Å². The summed E-state index contributed by atoms with van der Waals surface area (Å²) in [5.41, 5.74) is 29.5. The molecule has 81 heavy (non-hydrogen) atoms. The average Bonchev–Trinajstić information content (AvgIpc) is 2.60. The van der Waals surface area contributed by atoms with E-state index in [2.05, 4.69) is 288 Å². The fraction of sp³-hybridized carbons (Fsp3) is 0.221. The van der Waals surface area contributed by atoms with Crippen LogP contribution in [0, 0.1) is 5.41 Å². The van der Waals surface area contributed by atoms with E-state index in [9.17, 15) is 0 Å². The molecule has 396 valence electrons. The largest absolute Gasteiger partial charge is 0.334 e. The average molecular weight is 1050 g/mol. The van der Waals surface area contributed by atoms with Gasteiger partial charge in [0.25, 0.3) is 6.71 Å². The third-order valence-electron chi connectivity index (χ3n) is 19.7. The second-order valence-corrected chi connectivity index (χ2v) is 26.3. The van der Waals surface area contributed by atoms with Crippen molar-refractivity contribution >= 4 is 68.6 Å². The molecule has 0 amide bonds. The zero-order chi connectivity index (χ0) is 55.0. The number of hydrogen-bond acceptors (Lipinski definition) is 3. The van der Waals surface area contributed by atoms with Gasteiger partial charge in [-0.15, -0.1) is 0 Å².